The Kier molecular flexibility index (Phi) is 5.25. The number of rotatable bonds is 6. The summed E-state index contributed by atoms with van der Waals surface area (Å²) in [6, 6.07) is 5.54. The molecule has 1 heterocycles. The van der Waals surface area contributed by atoms with Crippen LogP contribution in [0.4, 0.5) is 26.2 Å². The molecule has 0 aliphatic carbocycles. The molecular formula is C16H20F2N4. The quantitative estimate of drug-likeness (QED) is 0.874. The molecule has 0 aliphatic rings. The van der Waals surface area contributed by atoms with Gasteiger partial charge in [0.05, 0.1) is 0 Å². The highest BCUT2D eigenvalue weighted by molar-refractivity contribution is 5.57. The highest BCUT2D eigenvalue weighted by atomic mass is 19.1. The van der Waals surface area contributed by atoms with E-state index >= 15 is 0 Å². The maximum atomic E-state index is 13.7. The Bertz CT molecular complexity index is 626. The van der Waals surface area contributed by atoms with Crippen LogP contribution in [0.15, 0.2) is 24.3 Å². The lowest BCUT2D eigenvalue weighted by Gasteiger charge is -2.19. The Balaban J connectivity index is 2.26. The van der Waals surface area contributed by atoms with E-state index in [0.717, 1.165) is 30.9 Å². The van der Waals surface area contributed by atoms with Crippen molar-refractivity contribution in [2.24, 2.45) is 0 Å². The van der Waals surface area contributed by atoms with E-state index in [-0.39, 0.29) is 11.6 Å². The molecule has 0 radical (unpaired) electrons. The Morgan fingerprint density at radius 1 is 1.18 bits per heavy atom. The van der Waals surface area contributed by atoms with Crippen LogP contribution in [0.2, 0.25) is 0 Å². The summed E-state index contributed by atoms with van der Waals surface area (Å²) in [6.07, 6.45) is 2.13. The SMILES string of the molecule is CCCCN(C)c1cc(C)nc(Nc2c(F)cccc2F)n1. The van der Waals surface area contributed by atoms with E-state index in [0.29, 0.717) is 0 Å². The van der Waals surface area contributed by atoms with Crippen molar-refractivity contribution in [1.82, 2.24) is 9.97 Å². The second-order valence-electron chi connectivity index (χ2n) is 5.19. The third kappa shape index (κ3) is 3.90. The summed E-state index contributed by atoms with van der Waals surface area (Å²) in [5, 5.41) is 2.63. The van der Waals surface area contributed by atoms with Gasteiger partial charge in [0, 0.05) is 25.4 Å². The van der Waals surface area contributed by atoms with Gasteiger partial charge in [-0.05, 0) is 25.5 Å². The number of hydrogen-bond donors (Lipinski definition) is 1. The zero-order valence-electron chi connectivity index (χ0n) is 13.0. The summed E-state index contributed by atoms with van der Waals surface area (Å²) >= 11 is 0. The van der Waals surface area contributed by atoms with Crippen molar-refractivity contribution in [3.05, 3.63) is 41.6 Å². The molecule has 0 saturated heterocycles. The predicted octanol–water partition coefficient (Wildman–Crippen LogP) is 4.04. The van der Waals surface area contributed by atoms with Crippen LogP contribution in [0.1, 0.15) is 25.5 Å². The van der Waals surface area contributed by atoms with Crippen molar-refractivity contribution in [2.75, 3.05) is 23.8 Å². The van der Waals surface area contributed by atoms with Gasteiger partial charge in [-0.15, -0.1) is 0 Å². The second kappa shape index (κ2) is 7.15. The Labute approximate surface area is 129 Å². The fraction of sp³-hybridized carbons (Fsp3) is 0.375. The summed E-state index contributed by atoms with van der Waals surface area (Å²) in [5.74, 6) is -0.445. The first kappa shape index (κ1) is 16.1. The topological polar surface area (TPSA) is 41.1 Å². The minimum atomic E-state index is -0.675. The Hall–Kier alpha value is -2.24. The molecule has 0 saturated carbocycles. The Morgan fingerprint density at radius 3 is 2.50 bits per heavy atom. The van der Waals surface area contributed by atoms with Crippen LogP contribution in [-0.4, -0.2) is 23.6 Å². The number of nitrogens with zero attached hydrogens (tertiary/aromatic N) is 3. The molecule has 2 rings (SSSR count). The molecule has 0 amide bonds. The van der Waals surface area contributed by atoms with Crippen LogP contribution < -0.4 is 10.2 Å². The zero-order chi connectivity index (χ0) is 16.1. The lowest BCUT2D eigenvalue weighted by atomic mass is 10.3. The van der Waals surface area contributed by atoms with Crippen molar-refractivity contribution in [2.45, 2.75) is 26.7 Å². The van der Waals surface area contributed by atoms with Crippen LogP contribution >= 0.6 is 0 Å². The van der Waals surface area contributed by atoms with Crippen molar-refractivity contribution in [3.63, 3.8) is 0 Å². The van der Waals surface area contributed by atoms with Gasteiger partial charge >= 0.3 is 0 Å². The molecule has 1 N–H and O–H groups in total. The van der Waals surface area contributed by atoms with Crippen molar-refractivity contribution in [3.8, 4) is 0 Å². The highest BCUT2D eigenvalue weighted by Gasteiger charge is 2.12. The molecule has 0 aliphatic heterocycles. The van der Waals surface area contributed by atoms with E-state index in [2.05, 4.69) is 22.2 Å². The van der Waals surface area contributed by atoms with Gasteiger partial charge in [-0.25, -0.2) is 13.8 Å². The summed E-state index contributed by atoms with van der Waals surface area (Å²) in [4.78, 5) is 10.5. The number of hydrogen-bond acceptors (Lipinski definition) is 4. The largest absolute Gasteiger partial charge is 0.360 e. The molecule has 0 bridgehead atoms. The van der Waals surface area contributed by atoms with Gasteiger partial charge < -0.3 is 10.2 Å². The van der Waals surface area contributed by atoms with Gasteiger partial charge in [0.25, 0.3) is 0 Å². The number of anilines is 3. The van der Waals surface area contributed by atoms with Crippen LogP contribution in [0.5, 0.6) is 0 Å². The number of aryl methyl sites for hydroxylation is 1. The standard InChI is InChI=1S/C16H20F2N4/c1-4-5-9-22(3)14-10-11(2)19-16(20-14)21-15-12(17)7-6-8-13(15)18/h6-8,10H,4-5,9H2,1-3H3,(H,19,20,21). The number of benzene rings is 1. The lowest BCUT2D eigenvalue weighted by molar-refractivity contribution is 0.590. The average Bonchev–Trinajstić information content (AvgIpc) is 2.48. The van der Waals surface area contributed by atoms with Gasteiger partial charge in [0.15, 0.2) is 0 Å². The van der Waals surface area contributed by atoms with Crippen LogP contribution in [0.3, 0.4) is 0 Å². The minimum Gasteiger partial charge on any atom is -0.360 e. The van der Waals surface area contributed by atoms with Gasteiger partial charge in [-0.3, -0.25) is 0 Å². The average molecular weight is 306 g/mol. The van der Waals surface area contributed by atoms with Crippen molar-refractivity contribution >= 4 is 17.5 Å². The molecule has 0 unspecified atom stereocenters. The molecule has 2 aromatic rings. The molecule has 6 heteroatoms. The maximum Gasteiger partial charge on any atom is 0.229 e. The number of halogens is 2. The number of nitrogens with one attached hydrogen (secondary N) is 1. The van der Waals surface area contributed by atoms with Gasteiger partial charge in [0.2, 0.25) is 5.95 Å². The molecule has 0 atom stereocenters. The Morgan fingerprint density at radius 2 is 1.86 bits per heavy atom. The first-order chi connectivity index (χ1) is 10.5. The van der Waals surface area contributed by atoms with Gasteiger partial charge in [0.1, 0.15) is 23.1 Å². The normalized spacial score (nSPS) is 10.6. The zero-order valence-corrected chi connectivity index (χ0v) is 13.0. The smallest absolute Gasteiger partial charge is 0.229 e. The molecule has 0 spiro atoms. The van der Waals surface area contributed by atoms with Crippen molar-refractivity contribution < 1.29 is 8.78 Å². The lowest BCUT2D eigenvalue weighted by Crippen LogP contribution is -2.20. The van der Waals surface area contributed by atoms with Gasteiger partial charge in [-0.1, -0.05) is 19.4 Å². The van der Waals surface area contributed by atoms with E-state index in [4.69, 9.17) is 0 Å². The first-order valence-electron chi connectivity index (χ1n) is 7.29. The van der Waals surface area contributed by atoms with Crippen LogP contribution in [0.25, 0.3) is 0 Å². The monoisotopic (exact) mass is 306 g/mol. The summed E-state index contributed by atoms with van der Waals surface area (Å²) in [5.41, 5.74) is 0.489. The minimum absolute atomic E-state index is 0.183. The van der Waals surface area contributed by atoms with Crippen LogP contribution in [0, 0.1) is 18.6 Å². The number of aromatic nitrogens is 2. The molecule has 4 nitrogen and oxygen atoms in total. The predicted molar refractivity (Wildman–Crippen MR) is 84.6 cm³/mol. The van der Waals surface area contributed by atoms with E-state index in [1.54, 1.807) is 0 Å². The van der Waals surface area contributed by atoms with E-state index in [1.165, 1.54) is 18.2 Å². The first-order valence-corrected chi connectivity index (χ1v) is 7.29. The van der Waals surface area contributed by atoms with Crippen LogP contribution in [-0.2, 0) is 0 Å². The molecule has 0 fully saturated rings. The fourth-order valence-electron chi connectivity index (χ4n) is 2.04. The second-order valence-corrected chi connectivity index (χ2v) is 5.19. The van der Waals surface area contributed by atoms with E-state index in [1.807, 2.05) is 24.9 Å². The van der Waals surface area contributed by atoms with E-state index < -0.39 is 11.6 Å². The highest BCUT2D eigenvalue weighted by Crippen LogP contribution is 2.23. The fourth-order valence-corrected chi connectivity index (χ4v) is 2.04. The molecule has 118 valence electrons. The van der Waals surface area contributed by atoms with Gasteiger partial charge in [-0.2, -0.15) is 4.98 Å². The van der Waals surface area contributed by atoms with Crippen molar-refractivity contribution in [1.29, 1.82) is 0 Å². The molecule has 22 heavy (non-hydrogen) atoms. The van der Waals surface area contributed by atoms with E-state index in [9.17, 15) is 8.78 Å². The third-order valence-corrected chi connectivity index (χ3v) is 3.28. The number of unbranched alkanes of at least 4 members (excludes halogenated alkanes) is 1. The maximum absolute atomic E-state index is 13.7. The summed E-state index contributed by atoms with van der Waals surface area (Å²) in [6.45, 7) is 4.80. The molecule has 1 aromatic heterocycles. The summed E-state index contributed by atoms with van der Waals surface area (Å²) in [7, 11) is 1.94. The molecule has 1 aromatic carbocycles. The number of para-hydroxylation sites is 1. The third-order valence-electron chi connectivity index (χ3n) is 3.28. The summed E-state index contributed by atoms with van der Waals surface area (Å²) < 4.78 is 27.4. The molecular weight excluding hydrogens is 286 g/mol.